The summed E-state index contributed by atoms with van der Waals surface area (Å²) in [5, 5.41) is 13.2. The predicted molar refractivity (Wildman–Crippen MR) is 63.7 cm³/mol. The lowest BCUT2D eigenvalue weighted by Crippen LogP contribution is -1.94. The van der Waals surface area contributed by atoms with Gasteiger partial charge in [-0.25, -0.2) is 0 Å². The first-order valence-corrected chi connectivity index (χ1v) is 5.37. The second kappa shape index (κ2) is 4.89. The van der Waals surface area contributed by atoms with Gasteiger partial charge in [0.25, 0.3) is 0 Å². The maximum atomic E-state index is 8.73. The number of rotatable bonds is 3. The van der Waals surface area contributed by atoms with Crippen LogP contribution in [0.15, 0.2) is 30.6 Å². The van der Waals surface area contributed by atoms with E-state index in [4.69, 9.17) is 21.6 Å². The van der Waals surface area contributed by atoms with E-state index in [9.17, 15) is 0 Å². The summed E-state index contributed by atoms with van der Waals surface area (Å²) in [5.41, 5.74) is 1.42. The fourth-order valence-corrected chi connectivity index (χ4v) is 1.60. The molecule has 0 radical (unpaired) electrons. The average molecular weight is 248 g/mol. The molecule has 0 unspecified atom stereocenters. The first kappa shape index (κ1) is 11.5. The summed E-state index contributed by atoms with van der Waals surface area (Å²) in [4.78, 5) is 0. The van der Waals surface area contributed by atoms with E-state index in [0.29, 0.717) is 22.9 Å². The van der Waals surface area contributed by atoms with Crippen molar-refractivity contribution >= 4 is 11.6 Å². The SMILES string of the molecule is Cn1cc(COc2ccc(C#N)c(Cl)c2)cn1. The standard InChI is InChI=1S/C12H10ClN3O/c1-16-7-9(6-15-16)8-17-11-3-2-10(5-14)12(13)4-11/h2-4,6-7H,8H2,1H3. The molecule has 1 aromatic heterocycles. The van der Waals surface area contributed by atoms with Gasteiger partial charge in [0.15, 0.2) is 0 Å². The van der Waals surface area contributed by atoms with Crippen molar-refractivity contribution in [3.05, 3.63) is 46.7 Å². The van der Waals surface area contributed by atoms with Crippen LogP contribution in [0.5, 0.6) is 5.75 Å². The lowest BCUT2D eigenvalue weighted by Gasteiger charge is -2.05. The number of benzene rings is 1. The summed E-state index contributed by atoms with van der Waals surface area (Å²) in [6.45, 7) is 0.427. The van der Waals surface area contributed by atoms with Crippen molar-refractivity contribution in [1.29, 1.82) is 5.26 Å². The molecule has 0 N–H and O–H groups in total. The van der Waals surface area contributed by atoms with Crippen LogP contribution in [0.1, 0.15) is 11.1 Å². The van der Waals surface area contributed by atoms with Crippen LogP contribution in [0.25, 0.3) is 0 Å². The van der Waals surface area contributed by atoms with Crippen molar-refractivity contribution in [3.63, 3.8) is 0 Å². The molecule has 86 valence electrons. The summed E-state index contributed by atoms with van der Waals surface area (Å²) in [5.74, 6) is 0.637. The molecule has 1 heterocycles. The molecule has 0 spiro atoms. The Kier molecular flexibility index (Phi) is 3.31. The van der Waals surface area contributed by atoms with Gasteiger partial charge in [0.05, 0.1) is 16.8 Å². The van der Waals surface area contributed by atoms with E-state index < -0.39 is 0 Å². The van der Waals surface area contributed by atoms with E-state index in [1.54, 1.807) is 29.1 Å². The molecule has 0 aliphatic heterocycles. The van der Waals surface area contributed by atoms with Crippen molar-refractivity contribution in [2.24, 2.45) is 7.05 Å². The number of nitrogens with zero attached hydrogens (tertiary/aromatic N) is 3. The van der Waals surface area contributed by atoms with Gasteiger partial charge in [0.1, 0.15) is 18.4 Å². The predicted octanol–water partition coefficient (Wildman–Crippen LogP) is 2.52. The zero-order chi connectivity index (χ0) is 12.3. The topological polar surface area (TPSA) is 50.8 Å². The Hall–Kier alpha value is -1.99. The maximum Gasteiger partial charge on any atom is 0.121 e. The highest BCUT2D eigenvalue weighted by molar-refractivity contribution is 6.31. The summed E-state index contributed by atoms with van der Waals surface area (Å²) in [7, 11) is 1.85. The molecule has 0 atom stereocenters. The summed E-state index contributed by atoms with van der Waals surface area (Å²) >= 11 is 5.90. The molecular formula is C12H10ClN3O. The number of aryl methyl sites for hydroxylation is 1. The highest BCUT2D eigenvalue weighted by atomic mass is 35.5. The van der Waals surface area contributed by atoms with Crippen molar-refractivity contribution in [1.82, 2.24) is 9.78 Å². The van der Waals surface area contributed by atoms with Crippen LogP contribution in [0, 0.1) is 11.3 Å². The minimum Gasteiger partial charge on any atom is -0.489 e. The highest BCUT2D eigenvalue weighted by Crippen LogP contribution is 2.22. The molecule has 1 aromatic carbocycles. The lowest BCUT2D eigenvalue weighted by atomic mass is 10.2. The fourth-order valence-electron chi connectivity index (χ4n) is 1.39. The van der Waals surface area contributed by atoms with E-state index in [0.717, 1.165) is 5.56 Å². The van der Waals surface area contributed by atoms with Crippen LogP contribution in [0.2, 0.25) is 5.02 Å². The molecule has 0 saturated heterocycles. The van der Waals surface area contributed by atoms with Crippen molar-refractivity contribution < 1.29 is 4.74 Å². The minimum atomic E-state index is 0.399. The molecule has 0 amide bonds. The number of halogens is 1. The zero-order valence-corrected chi connectivity index (χ0v) is 9.98. The van der Waals surface area contributed by atoms with Gasteiger partial charge >= 0.3 is 0 Å². The molecule has 2 aromatic rings. The van der Waals surface area contributed by atoms with Crippen molar-refractivity contribution in [2.45, 2.75) is 6.61 Å². The number of ether oxygens (including phenoxy) is 1. The monoisotopic (exact) mass is 247 g/mol. The Labute approximate surface area is 104 Å². The summed E-state index contributed by atoms with van der Waals surface area (Å²) in [6.07, 6.45) is 3.62. The van der Waals surface area contributed by atoms with Gasteiger partial charge < -0.3 is 4.74 Å². The molecule has 0 saturated carbocycles. The number of nitriles is 1. The normalized spacial score (nSPS) is 9.94. The molecule has 4 nitrogen and oxygen atoms in total. The summed E-state index contributed by atoms with van der Waals surface area (Å²) < 4.78 is 7.25. The molecule has 5 heteroatoms. The van der Waals surface area contributed by atoms with Crippen LogP contribution < -0.4 is 4.74 Å². The second-order valence-corrected chi connectivity index (χ2v) is 3.97. The first-order chi connectivity index (χ1) is 8.19. The number of hydrogen-bond donors (Lipinski definition) is 0. The van der Waals surface area contributed by atoms with Crippen molar-refractivity contribution in [3.8, 4) is 11.8 Å². The van der Waals surface area contributed by atoms with Crippen molar-refractivity contribution in [2.75, 3.05) is 0 Å². The molecular weight excluding hydrogens is 238 g/mol. The largest absolute Gasteiger partial charge is 0.489 e. The van der Waals surface area contributed by atoms with E-state index in [1.165, 1.54) is 0 Å². The molecule has 17 heavy (non-hydrogen) atoms. The maximum absolute atomic E-state index is 8.73. The van der Waals surface area contributed by atoms with Gasteiger partial charge in [-0.1, -0.05) is 11.6 Å². The number of hydrogen-bond acceptors (Lipinski definition) is 3. The lowest BCUT2D eigenvalue weighted by molar-refractivity contribution is 0.306. The van der Waals surface area contributed by atoms with E-state index in [1.807, 2.05) is 19.3 Å². The Morgan fingerprint density at radius 1 is 1.53 bits per heavy atom. The first-order valence-electron chi connectivity index (χ1n) is 4.99. The Morgan fingerprint density at radius 3 is 2.94 bits per heavy atom. The van der Waals surface area contributed by atoms with Crippen LogP contribution in [0.3, 0.4) is 0 Å². The van der Waals surface area contributed by atoms with Gasteiger partial charge in [0.2, 0.25) is 0 Å². The van der Waals surface area contributed by atoms with E-state index >= 15 is 0 Å². The van der Waals surface area contributed by atoms with Gasteiger partial charge in [0, 0.05) is 24.9 Å². The third-order valence-electron chi connectivity index (χ3n) is 2.22. The van der Waals surface area contributed by atoms with E-state index in [2.05, 4.69) is 5.10 Å². The average Bonchev–Trinajstić information content (AvgIpc) is 2.73. The molecule has 0 aliphatic rings. The molecule has 2 rings (SSSR count). The summed E-state index contributed by atoms with van der Waals surface area (Å²) in [6, 6.07) is 7.00. The Morgan fingerprint density at radius 2 is 2.35 bits per heavy atom. The zero-order valence-electron chi connectivity index (χ0n) is 9.22. The smallest absolute Gasteiger partial charge is 0.121 e. The Bertz CT molecular complexity index is 571. The van der Waals surface area contributed by atoms with Crippen LogP contribution in [-0.4, -0.2) is 9.78 Å². The van der Waals surface area contributed by atoms with E-state index in [-0.39, 0.29) is 0 Å². The minimum absolute atomic E-state index is 0.399. The van der Waals surface area contributed by atoms with Gasteiger partial charge in [-0.15, -0.1) is 0 Å². The molecule has 0 fully saturated rings. The quantitative estimate of drug-likeness (QED) is 0.838. The second-order valence-electron chi connectivity index (χ2n) is 3.56. The van der Waals surface area contributed by atoms with Crippen LogP contribution >= 0.6 is 11.6 Å². The molecule has 0 aliphatic carbocycles. The molecule has 0 bridgehead atoms. The van der Waals surface area contributed by atoms with Gasteiger partial charge in [-0.3, -0.25) is 4.68 Å². The van der Waals surface area contributed by atoms with Crippen LogP contribution in [0.4, 0.5) is 0 Å². The third-order valence-corrected chi connectivity index (χ3v) is 2.54. The number of aromatic nitrogens is 2. The van der Waals surface area contributed by atoms with Gasteiger partial charge in [-0.2, -0.15) is 10.4 Å². The fraction of sp³-hybridized carbons (Fsp3) is 0.167. The highest BCUT2D eigenvalue weighted by Gasteiger charge is 2.03. The third kappa shape index (κ3) is 2.77. The van der Waals surface area contributed by atoms with Crippen LogP contribution in [-0.2, 0) is 13.7 Å². The van der Waals surface area contributed by atoms with Gasteiger partial charge in [-0.05, 0) is 12.1 Å². The Balaban J connectivity index is 2.05.